The zero-order chi connectivity index (χ0) is 18.5. The zero-order valence-corrected chi connectivity index (χ0v) is 15.3. The zero-order valence-electron chi connectivity index (χ0n) is 15.3. The molecule has 3 rings (SSSR count). The van der Waals surface area contributed by atoms with E-state index >= 15 is 0 Å². The molecule has 5 heteroatoms. The number of para-hydroxylation sites is 1. The van der Waals surface area contributed by atoms with Crippen LogP contribution < -0.4 is 10.6 Å². The van der Waals surface area contributed by atoms with Gasteiger partial charge in [0.1, 0.15) is 0 Å². The summed E-state index contributed by atoms with van der Waals surface area (Å²) in [5.41, 5.74) is 3.67. The molecule has 1 aliphatic heterocycles. The van der Waals surface area contributed by atoms with Crippen molar-refractivity contribution in [1.29, 1.82) is 0 Å². The number of carbonyl (C=O) groups is 2. The van der Waals surface area contributed by atoms with E-state index in [2.05, 4.69) is 10.6 Å². The Labute approximate surface area is 154 Å². The van der Waals surface area contributed by atoms with Gasteiger partial charge in [-0.2, -0.15) is 0 Å². The Bertz CT molecular complexity index is 761. The summed E-state index contributed by atoms with van der Waals surface area (Å²) in [6.45, 7) is 5.26. The maximum Gasteiger partial charge on any atom is 0.321 e. The van der Waals surface area contributed by atoms with Gasteiger partial charge < -0.3 is 15.5 Å². The molecule has 3 amide bonds. The molecule has 1 heterocycles. The molecule has 0 aromatic heterocycles. The molecule has 0 bridgehead atoms. The second-order valence-electron chi connectivity index (χ2n) is 6.80. The van der Waals surface area contributed by atoms with Gasteiger partial charge in [0.25, 0.3) is 5.91 Å². The lowest BCUT2D eigenvalue weighted by Crippen LogP contribution is -2.47. The molecule has 2 N–H and O–H groups in total. The Kier molecular flexibility index (Phi) is 5.56. The fourth-order valence-electron chi connectivity index (χ4n) is 3.28. The summed E-state index contributed by atoms with van der Waals surface area (Å²) in [5, 5.41) is 6.09. The smallest absolute Gasteiger partial charge is 0.321 e. The predicted molar refractivity (Wildman–Crippen MR) is 103 cm³/mol. The van der Waals surface area contributed by atoms with Gasteiger partial charge in [0.15, 0.2) is 0 Å². The highest BCUT2D eigenvalue weighted by Crippen LogP contribution is 2.21. The highest BCUT2D eigenvalue weighted by atomic mass is 16.2. The summed E-state index contributed by atoms with van der Waals surface area (Å²) in [6.07, 6.45) is 1.53. The number of anilines is 1. The summed E-state index contributed by atoms with van der Waals surface area (Å²) < 4.78 is 0. The van der Waals surface area contributed by atoms with Crippen LogP contribution in [0.5, 0.6) is 0 Å². The molecular formula is C21H25N3O2. The largest absolute Gasteiger partial charge is 0.349 e. The van der Waals surface area contributed by atoms with Gasteiger partial charge in [-0.05, 0) is 49.9 Å². The number of aryl methyl sites for hydroxylation is 2. The fraction of sp³-hybridized carbons (Fsp3) is 0.333. The number of piperidine rings is 1. The van der Waals surface area contributed by atoms with Crippen molar-refractivity contribution < 1.29 is 9.59 Å². The standard InChI is InChI=1S/C21H25N3O2/c1-15-7-6-8-16(2)19(15)23-21(26)24-13-11-18(12-14-24)22-20(25)17-9-4-3-5-10-17/h3-10,18H,11-14H2,1-2H3,(H,22,25)(H,23,26). The molecule has 5 nitrogen and oxygen atoms in total. The van der Waals surface area contributed by atoms with Gasteiger partial charge in [-0.1, -0.05) is 36.4 Å². The summed E-state index contributed by atoms with van der Waals surface area (Å²) in [6, 6.07) is 15.2. The average molecular weight is 351 g/mol. The number of rotatable bonds is 3. The number of nitrogens with one attached hydrogen (secondary N) is 2. The van der Waals surface area contributed by atoms with Crippen LogP contribution in [0.15, 0.2) is 48.5 Å². The minimum absolute atomic E-state index is 0.0518. The van der Waals surface area contributed by atoms with Crippen LogP contribution in [0.25, 0.3) is 0 Å². The van der Waals surface area contributed by atoms with E-state index in [1.165, 1.54) is 0 Å². The first-order chi connectivity index (χ1) is 12.5. The number of likely N-dealkylation sites (tertiary alicyclic amines) is 1. The number of hydrogen-bond acceptors (Lipinski definition) is 2. The average Bonchev–Trinajstić information content (AvgIpc) is 2.66. The van der Waals surface area contributed by atoms with Gasteiger partial charge in [-0.3, -0.25) is 4.79 Å². The Balaban J connectivity index is 1.52. The fourth-order valence-corrected chi connectivity index (χ4v) is 3.28. The third-order valence-corrected chi connectivity index (χ3v) is 4.87. The lowest BCUT2D eigenvalue weighted by molar-refractivity contribution is 0.0919. The minimum Gasteiger partial charge on any atom is -0.349 e. The second-order valence-corrected chi connectivity index (χ2v) is 6.80. The van der Waals surface area contributed by atoms with Gasteiger partial charge in [0.05, 0.1) is 0 Å². The molecule has 1 fully saturated rings. The molecule has 0 saturated carbocycles. The molecule has 26 heavy (non-hydrogen) atoms. The van der Waals surface area contributed by atoms with Gasteiger partial charge in [-0.15, -0.1) is 0 Å². The van der Waals surface area contributed by atoms with Crippen LogP contribution in [0.2, 0.25) is 0 Å². The number of hydrogen-bond donors (Lipinski definition) is 2. The van der Waals surface area contributed by atoms with Crippen molar-refractivity contribution in [3.63, 3.8) is 0 Å². The van der Waals surface area contributed by atoms with Gasteiger partial charge >= 0.3 is 6.03 Å². The van der Waals surface area contributed by atoms with E-state index in [4.69, 9.17) is 0 Å². The van der Waals surface area contributed by atoms with Crippen LogP contribution >= 0.6 is 0 Å². The molecule has 1 saturated heterocycles. The summed E-state index contributed by atoms with van der Waals surface area (Å²) in [7, 11) is 0. The van der Waals surface area contributed by atoms with Crippen molar-refractivity contribution in [3.05, 3.63) is 65.2 Å². The Morgan fingerprint density at radius 1 is 0.923 bits per heavy atom. The van der Waals surface area contributed by atoms with Crippen LogP contribution in [-0.4, -0.2) is 36.0 Å². The predicted octanol–water partition coefficient (Wildman–Crippen LogP) is 3.73. The highest BCUT2D eigenvalue weighted by Gasteiger charge is 2.24. The highest BCUT2D eigenvalue weighted by molar-refractivity contribution is 5.94. The van der Waals surface area contributed by atoms with Crippen LogP contribution in [-0.2, 0) is 0 Å². The van der Waals surface area contributed by atoms with E-state index in [1.54, 1.807) is 0 Å². The van der Waals surface area contributed by atoms with Gasteiger partial charge in [0, 0.05) is 30.4 Å². The SMILES string of the molecule is Cc1cccc(C)c1NC(=O)N1CCC(NC(=O)c2ccccc2)CC1. The first kappa shape index (κ1) is 18.0. The van der Waals surface area contributed by atoms with Gasteiger partial charge in [0.2, 0.25) is 0 Å². The molecule has 0 spiro atoms. The third kappa shape index (κ3) is 4.23. The molecule has 136 valence electrons. The molecule has 1 aliphatic rings. The number of urea groups is 1. The number of carbonyl (C=O) groups excluding carboxylic acids is 2. The van der Waals surface area contributed by atoms with Crippen molar-refractivity contribution in [1.82, 2.24) is 10.2 Å². The van der Waals surface area contributed by atoms with Crippen LogP contribution in [0.4, 0.5) is 10.5 Å². The van der Waals surface area contributed by atoms with E-state index in [9.17, 15) is 9.59 Å². The minimum atomic E-state index is -0.0739. The Morgan fingerprint density at radius 3 is 2.15 bits per heavy atom. The molecular weight excluding hydrogens is 326 g/mol. The molecule has 2 aromatic rings. The number of nitrogens with zero attached hydrogens (tertiary/aromatic N) is 1. The van der Waals surface area contributed by atoms with E-state index in [0.717, 1.165) is 29.7 Å². The van der Waals surface area contributed by atoms with Gasteiger partial charge in [-0.25, -0.2) is 4.79 Å². The lowest BCUT2D eigenvalue weighted by atomic mass is 10.0. The summed E-state index contributed by atoms with van der Waals surface area (Å²) in [5.74, 6) is -0.0518. The van der Waals surface area contributed by atoms with E-state index in [-0.39, 0.29) is 18.0 Å². The monoisotopic (exact) mass is 351 g/mol. The van der Waals surface area contributed by atoms with E-state index in [0.29, 0.717) is 18.7 Å². The summed E-state index contributed by atoms with van der Waals surface area (Å²) in [4.78, 5) is 26.6. The van der Waals surface area contributed by atoms with E-state index < -0.39 is 0 Å². The molecule has 0 atom stereocenters. The van der Waals surface area contributed by atoms with Crippen molar-refractivity contribution in [2.75, 3.05) is 18.4 Å². The summed E-state index contributed by atoms with van der Waals surface area (Å²) >= 11 is 0. The second kappa shape index (κ2) is 8.04. The first-order valence-electron chi connectivity index (χ1n) is 9.02. The molecule has 0 unspecified atom stereocenters. The Morgan fingerprint density at radius 2 is 1.54 bits per heavy atom. The maximum absolute atomic E-state index is 12.5. The maximum atomic E-state index is 12.5. The van der Waals surface area contributed by atoms with Crippen molar-refractivity contribution in [2.45, 2.75) is 32.7 Å². The van der Waals surface area contributed by atoms with Crippen molar-refractivity contribution in [3.8, 4) is 0 Å². The topological polar surface area (TPSA) is 61.4 Å². The van der Waals surface area contributed by atoms with Crippen molar-refractivity contribution in [2.24, 2.45) is 0 Å². The van der Waals surface area contributed by atoms with Crippen LogP contribution in [0.3, 0.4) is 0 Å². The molecule has 0 aliphatic carbocycles. The first-order valence-corrected chi connectivity index (χ1v) is 9.02. The van der Waals surface area contributed by atoms with E-state index in [1.807, 2.05) is 67.3 Å². The quantitative estimate of drug-likeness (QED) is 0.885. The lowest BCUT2D eigenvalue weighted by Gasteiger charge is -2.32. The van der Waals surface area contributed by atoms with Crippen LogP contribution in [0, 0.1) is 13.8 Å². The number of amides is 3. The van der Waals surface area contributed by atoms with Crippen molar-refractivity contribution >= 4 is 17.6 Å². The van der Waals surface area contributed by atoms with Crippen LogP contribution in [0.1, 0.15) is 34.3 Å². The number of benzene rings is 2. The molecule has 0 radical (unpaired) electrons. The molecule has 2 aromatic carbocycles. The third-order valence-electron chi connectivity index (χ3n) is 4.87. The normalized spacial score (nSPS) is 14.8. The Hall–Kier alpha value is -2.82.